The number of benzene rings is 2. The highest BCUT2D eigenvalue weighted by Gasteiger charge is 2.21. The number of carbonyl (C=O) groups is 2. The lowest BCUT2D eigenvalue weighted by Crippen LogP contribution is -2.23. The number of nitrogens with one attached hydrogen (secondary N) is 1. The summed E-state index contributed by atoms with van der Waals surface area (Å²) < 4.78 is 0. The van der Waals surface area contributed by atoms with Crippen molar-refractivity contribution in [3.05, 3.63) is 59.7 Å². The van der Waals surface area contributed by atoms with Gasteiger partial charge in [-0.3, -0.25) is 9.59 Å². The Morgan fingerprint density at radius 3 is 2.68 bits per heavy atom. The number of anilines is 2. The van der Waals surface area contributed by atoms with Crippen LogP contribution in [0.2, 0.25) is 0 Å². The summed E-state index contributed by atoms with van der Waals surface area (Å²) in [5, 5.41) is 2.91. The predicted octanol–water partition coefficient (Wildman–Crippen LogP) is 3.99. The minimum atomic E-state index is -0.0114. The summed E-state index contributed by atoms with van der Waals surface area (Å²) in [7, 11) is 0. The molecule has 5 heteroatoms. The van der Waals surface area contributed by atoms with Gasteiger partial charge in [0.2, 0.25) is 11.8 Å². The van der Waals surface area contributed by atoms with Crippen molar-refractivity contribution in [3.63, 3.8) is 0 Å². The van der Waals surface area contributed by atoms with Crippen LogP contribution >= 0.6 is 11.8 Å². The van der Waals surface area contributed by atoms with Gasteiger partial charge in [-0.1, -0.05) is 29.8 Å². The number of nitrogens with zero attached hydrogens (tertiary/aromatic N) is 1. The second-order valence-corrected chi connectivity index (χ2v) is 7.21. The first-order valence-corrected chi connectivity index (χ1v) is 9.61. The van der Waals surface area contributed by atoms with Crippen LogP contribution in [-0.4, -0.2) is 24.1 Å². The number of amides is 2. The number of carbonyl (C=O) groups excluding carboxylic acids is 2. The van der Waals surface area contributed by atoms with Gasteiger partial charge in [0.05, 0.1) is 5.75 Å². The lowest BCUT2D eigenvalue weighted by molar-refractivity contribution is -0.117. The van der Waals surface area contributed by atoms with Gasteiger partial charge in [0.15, 0.2) is 0 Å². The molecule has 3 rings (SSSR count). The van der Waals surface area contributed by atoms with Crippen molar-refractivity contribution in [2.45, 2.75) is 25.5 Å². The largest absolute Gasteiger partial charge is 0.325 e. The third-order valence-corrected chi connectivity index (χ3v) is 5.12. The summed E-state index contributed by atoms with van der Waals surface area (Å²) in [5.74, 6) is 1.40. The average Bonchev–Trinajstić information content (AvgIpc) is 3.02. The van der Waals surface area contributed by atoms with Gasteiger partial charge in [0.1, 0.15) is 0 Å². The molecule has 0 saturated carbocycles. The Balaban J connectivity index is 1.47. The van der Waals surface area contributed by atoms with Crippen molar-refractivity contribution < 1.29 is 9.59 Å². The molecule has 130 valence electrons. The van der Waals surface area contributed by atoms with Crippen LogP contribution in [0.5, 0.6) is 0 Å². The van der Waals surface area contributed by atoms with Crippen molar-refractivity contribution in [2.75, 3.05) is 22.5 Å². The maximum Gasteiger partial charge on any atom is 0.234 e. The van der Waals surface area contributed by atoms with Gasteiger partial charge in [-0.15, -0.1) is 11.8 Å². The van der Waals surface area contributed by atoms with Gasteiger partial charge in [-0.25, -0.2) is 0 Å². The van der Waals surface area contributed by atoms with E-state index in [-0.39, 0.29) is 11.8 Å². The smallest absolute Gasteiger partial charge is 0.234 e. The Kier molecular flexibility index (Phi) is 5.76. The zero-order valence-electron chi connectivity index (χ0n) is 14.3. The molecule has 0 atom stereocenters. The van der Waals surface area contributed by atoms with Crippen molar-refractivity contribution >= 4 is 35.0 Å². The molecule has 1 aliphatic rings. The van der Waals surface area contributed by atoms with Crippen LogP contribution in [0.3, 0.4) is 0 Å². The van der Waals surface area contributed by atoms with Crippen LogP contribution in [0, 0.1) is 6.92 Å². The zero-order valence-corrected chi connectivity index (χ0v) is 15.1. The van der Waals surface area contributed by atoms with E-state index in [4.69, 9.17) is 0 Å². The molecule has 1 heterocycles. The van der Waals surface area contributed by atoms with Crippen molar-refractivity contribution in [1.29, 1.82) is 0 Å². The molecule has 2 aromatic rings. The van der Waals surface area contributed by atoms with E-state index in [1.807, 2.05) is 30.3 Å². The lowest BCUT2D eigenvalue weighted by Gasteiger charge is -2.16. The van der Waals surface area contributed by atoms with Crippen LogP contribution in [0.25, 0.3) is 0 Å². The highest BCUT2D eigenvalue weighted by atomic mass is 32.2. The molecule has 1 N–H and O–H groups in total. The second-order valence-electron chi connectivity index (χ2n) is 6.23. The Bertz CT molecular complexity index is 759. The van der Waals surface area contributed by atoms with Crippen LogP contribution < -0.4 is 10.2 Å². The van der Waals surface area contributed by atoms with Crippen LogP contribution in [0.1, 0.15) is 24.0 Å². The van der Waals surface area contributed by atoms with Gasteiger partial charge >= 0.3 is 0 Å². The molecule has 2 amide bonds. The van der Waals surface area contributed by atoms with Gasteiger partial charge in [0.25, 0.3) is 0 Å². The standard InChI is InChI=1S/C20H22N2O2S/c1-15-4-2-5-16(12-15)13-25-14-19(23)21-17-7-9-18(10-8-17)22-11-3-6-20(22)24/h2,4-5,7-10,12H,3,6,11,13-14H2,1H3,(H,21,23). The second kappa shape index (κ2) is 8.21. The van der Waals surface area contributed by atoms with E-state index in [0.717, 1.165) is 30.1 Å². The molecule has 2 aromatic carbocycles. The predicted molar refractivity (Wildman–Crippen MR) is 104 cm³/mol. The highest BCUT2D eigenvalue weighted by molar-refractivity contribution is 7.99. The van der Waals surface area contributed by atoms with E-state index < -0.39 is 0 Å². The molecular weight excluding hydrogens is 332 g/mol. The molecule has 0 aromatic heterocycles. The summed E-state index contributed by atoms with van der Waals surface area (Å²) in [6, 6.07) is 15.8. The number of rotatable bonds is 6. The van der Waals surface area contributed by atoms with E-state index in [0.29, 0.717) is 12.2 Å². The normalized spacial score (nSPS) is 14.0. The number of hydrogen-bond donors (Lipinski definition) is 1. The molecule has 0 radical (unpaired) electrons. The number of aryl methyl sites for hydroxylation is 1. The van der Waals surface area contributed by atoms with Crippen LogP contribution in [0.15, 0.2) is 48.5 Å². The first kappa shape index (κ1) is 17.5. The van der Waals surface area contributed by atoms with E-state index in [2.05, 4.69) is 30.4 Å². The third kappa shape index (κ3) is 4.86. The molecular formula is C20H22N2O2S. The summed E-state index contributed by atoms with van der Waals surface area (Å²) in [4.78, 5) is 25.6. The van der Waals surface area contributed by atoms with Crippen LogP contribution in [-0.2, 0) is 15.3 Å². The van der Waals surface area contributed by atoms with Gasteiger partial charge < -0.3 is 10.2 Å². The molecule has 4 nitrogen and oxygen atoms in total. The first-order valence-electron chi connectivity index (χ1n) is 8.45. The van der Waals surface area contributed by atoms with E-state index in [1.54, 1.807) is 16.7 Å². The Morgan fingerprint density at radius 2 is 2.00 bits per heavy atom. The fourth-order valence-electron chi connectivity index (χ4n) is 2.91. The first-order chi connectivity index (χ1) is 12.1. The maximum atomic E-state index is 12.1. The SMILES string of the molecule is Cc1cccc(CSCC(=O)Nc2ccc(N3CCCC3=O)cc2)c1. The van der Waals surface area contributed by atoms with Crippen LogP contribution in [0.4, 0.5) is 11.4 Å². The highest BCUT2D eigenvalue weighted by Crippen LogP contribution is 2.23. The number of hydrogen-bond acceptors (Lipinski definition) is 3. The molecule has 1 saturated heterocycles. The minimum Gasteiger partial charge on any atom is -0.325 e. The van der Waals surface area contributed by atoms with Gasteiger partial charge in [-0.2, -0.15) is 0 Å². The molecule has 0 aliphatic carbocycles. The summed E-state index contributed by atoms with van der Waals surface area (Å²) in [6.07, 6.45) is 1.53. The van der Waals surface area contributed by atoms with E-state index >= 15 is 0 Å². The van der Waals surface area contributed by atoms with Gasteiger partial charge in [-0.05, 0) is 43.2 Å². The van der Waals surface area contributed by atoms with Gasteiger partial charge in [0, 0.05) is 30.1 Å². The summed E-state index contributed by atoms with van der Waals surface area (Å²) in [6.45, 7) is 2.85. The molecule has 1 fully saturated rings. The molecule has 25 heavy (non-hydrogen) atoms. The van der Waals surface area contributed by atoms with Crippen molar-refractivity contribution in [1.82, 2.24) is 0 Å². The minimum absolute atomic E-state index is 0.0114. The molecule has 0 unspecified atom stereocenters. The van der Waals surface area contributed by atoms with E-state index in [1.165, 1.54) is 11.1 Å². The average molecular weight is 354 g/mol. The lowest BCUT2D eigenvalue weighted by atomic mass is 10.2. The quantitative estimate of drug-likeness (QED) is 0.853. The fraction of sp³-hybridized carbons (Fsp3) is 0.300. The Hall–Kier alpha value is -2.27. The maximum absolute atomic E-state index is 12.1. The van der Waals surface area contributed by atoms with Crippen molar-refractivity contribution in [3.8, 4) is 0 Å². The summed E-state index contributed by atoms with van der Waals surface area (Å²) >= 11 is 1.60. The Morgan fingerprint density at radius 1 is 1.20 bits per heavy atom. The summed E-state index contributed by atoms with van der Waals surface area (Å²) in [5.41, 5.74) is 4.13. The van der Waals surface area contributed by atoms with E-state index in [9.17, 15) is 9.59 Å². The Labute approximate surface area is 152 Å². The number of thioether (sulfide) groups is 1. The topological polar surface area (TPSA) is 49.4 Å². The zero-order chi connectivity index (χ0) is 17.6. The monoisotopic (exact) mass is 354 g/mol. The van der Waals surface area contributed by atoms with Crippen molar-refractivity contribution in [2.24, 2.45) is 0 Å². The molecule has 0 bridgehead atoms. The fourth-order valence-corrected chi connectivity index (χ4v) is 3.68. The molecule has 1 aliphatic heterocycles. The molecule has 0 spiro atoms. The third-order valence-electron chi connectivity index (χ3n) is 4.12.